The maximum absolute atomic E-state index is 6.18. The van der Waals surface area contributed by atoms with E-state index in [4.69, 9.17) is 14.0 Å². The molecule has 0 aliphatic carbocycles. The molecule has 1 aromatic heterocycles. The Morgan fingerprint density at radius 2 is 2.24 bits per heavy atom. The van der Waals surface area contributed by atoms with E-state index in [-0.39, 0.29) is 5.60 Å². The van der Waals surface area contributed by atoms with Crippen molar-refractivity contribution in [3.8, 4) is 0 Å². The number of likely N-dealkylation sites (tertiary alicyclic amines) is 1. The summed E-state index contributed by atoms with van der Waals surface area (Å²) in [7, 11) is 1.78. The van der Waals surface area contributed by atoms with Gasteiger partial charge in [0.1, 0.15) is 5.76 Å². The minimum absolute atomic E-state index is 0.106. The van der Waals surface area contributed by atoms with Gasteiger partial charge in [-0.1, -0.05) is 5.16 Å². The predicted octanol–water partition coefficient (Wildman–Crippen LogP) is 2.39. The van der Waals surface area contributed by atoms with Crippen LogP contribution in [0.3, 0.4) is 0 Å². The minimum atomic E-state index is 0.106. The summed E-state index contributed by atoms with van der Waals surface area (Å²) in [5.74, 6) is 1.55. The molecule has 0 aromatic carbocycles. The Bertz CT molecular complexity index is 452. The number of aromatic nitrogens is 1. The van der Waals surface area contributed by atoms with Gasteiger partial charge in [-0.25, -0.2) is 0 Å². The Morgan fingerprint density at radius 3 is 2.90 bits per heavy atom. The molecule has 5 nitrogen and oxygen atoms in total. The average molecular weight is 294 g/mol. The van der Waals surface area contributed by atoms with Gasteiger partial charge < -0.3 is 14.0 Å². The monoisotopic (exact) mass is 294 g/mol. The zero-order valence-electron chi connectivity index (χ0n) is 13.1. The fourth-order valence-electron chi connectivity index (χ4n) is 3.82. The summed E-state index contributed by atoms with van der Waals surface area (Å²) in [5, 5.41) is 4.09. The van der Waals surface area contributed by atoms with Crippen LogP contribution in [0.4, 0.5) is 0 Å². The van der Waals surface area contributed by atoms with E-state index in [0.717, 1.165) is 63.6 Å². The fraction of sp³-hybridized carbons (Fsp3) is 0.812. The van der Waals surface area contributed by atoms with E-state index in [1.165, 1.54) is 6.42 Å². The van der Waals surface area contributed by atoms with Gasteiger partial charge >= 0.3 is 0 Å². The van der Waals surface area contributed by atoms with E-state index in [9.17, 15) is 0 Å². The first kappa shape index (κ1) is 15.0. The Balaban J connectivity index is 1.54. The van der Waals surface area contributed by atoms with Crippen LogP contribution in [0.5, 0.6) is 0 Å². The normalized spacial score (nSPS) is 25.7. The number of hydrogen-bond acceptors (Lipinski definition) is 5. The maximum Gasteiger partial charge on any atom is 0.133 e. The van der Waals surface area contributed by atoms with Crippen LogP contribution in [0, 0.1) is 12.8 Å². The molecule has 1 aromatic rings. The van der Waals surface area contributed by atoms with Crippen molar-refractivity contribution in [3.05, 3.63) is 17.5 Å². The Morgan fingerprint density at radius 1 is 1.43 bits per heavy atom. The molecule has 2 saturated heterocycles. The van der Waals surface area contributed by atoms with E-state index >= 15 is 0 Å². The van der Waals surface area contributed by atoms with Crippen LogP contribution in [0.25, 0.3) is 0 Å². The van der Waals surface area contributed by atoms with Gasteiger partial charge in [0, 0.05) is 46.0 Å². The van der Waals surface area contributed by atoms with Crippen LogP contribution >= 0.6 is 0 Å². The van der Waals surface area contributed by atoms with Crippen LogP contribution in [-0.4, -0.2) is 49.1 Å². The lowest BCUT2D eigenvalue weighted by Gasteiger charge is -2.42. The second kappa shape index (κ2) is 6.46. The molecule has 0 N–H and O–H groups in total. The van der Waals surface area contributed by atoms with Crippen molar-refractivity contribution in [3.63, 3.8) is 0 Å². The van der Waals surface area contributed by atoms with Crippen molar-refractivity contribution in [2.24, 2.45) is 5.92 Å². The number of aryl methyl sites for hydroxylation is 1. The van der Waals surface area contributed by atoms with Gasteiger partial charge in [-0.05, 0) is 38.5 Å². The van der Waals surface area contributed by atoms with Crippen LogP contribution in [-0.2, 0) is 16.0 Å². The van der Waals surface area contributed by atoms with Crippen LogP contribution in [0.2, 0.25) is 0 Å². The van der Waals surface area contributed by atoms with Gasteiger partial charge in [0.25, 0.3) is 0 Å². The Kier molecular flexibility index (Phi) is 4.62. The van der Waals surface area contributed by atoms with Gasteiger partial charge in [-0.2, -0.15) is 0 Å². The lowest BCUT2D eigenvalue weighted by atomic mass is 9.78. The smallest absolute Gasteiger partial charge is 0.133 e. The summed E-state index contributed by atoms with van der Waals surface area (Å²) < 4.78 is 16.6. The fourth-order valence-corrected chi connectivity index (χ4v) is 3.82. The molecule has 3 rings (SSSR count). The second-order valence-electron chi connectivity index (χ2n) is 6.39. The van der Waals surface area contributed by atoms with E-state index in [2.05, 4.69) is 10.1 Å². The van der Waals surface area contributed by atoms with Gasteiger partial charge in [-0.15, -0.1) is 0 Å². The number of methoxy groups -OCH3 is 1. The van der Waals surface area contributed by atoms with Crippen LogP contribution in [0.15, 0.2) is 10.6 Å². The van der Waals surface area contributed by atoms with Crippen LogP contribution < -0.4 is 0 Å². The highest BCUT2D eigenvalue weighted by Crippen LogP contribution is 2.42. The highest BCUT2D eigenvalue weighted by Gasteiger charge is 2.45. The molecule has 2 aliphatic rings. The lowest BCUT2D eigenvalue weighted by molar-refractivity contribution is -0.0723. The summed E-state index contributed by atoms with van der Waals surface area (Å²) in [5.41, 5.74) is 1.14. The highest BCUT2D eigenvalue weighted by molar-refractivity contribution is 5.04. The SMILES string of the molecule is COCC[C@H]1CCOC12CCN(Cc1cc(C)on1)CC2. The first-order valence-corrected chi connectivity index (χ1v) is 7.99. The molecular weight excluding hydrogens is 268 g/mol. The van der Waals surface area contributed by atoms with E-state index in [0.29, 0.717) is 5.92 Å². The first-order valence-electron chi connectivity index (χ1n) is 7.99. The largest absolute Gasteiger partial charge is 0.385 e. The lowest BCUT2D eigenvalue weighted by Crippen LogP contribution is -2.47. The van der Waals surface area contributed by atoms with Gasteiger partial charge in [-0.3, -0.25) is 4.90 Å². The van der Waals surface area contributed by atoms with Crippen molar-refractivity contribution < 1.29 is 14.0 Å². The molecule has 3 heterocycles. The number of ether oxygens (including phenoxy) is 2. The molecule has 2 fully saturated rings. The van der Waals surface area contributed by atoms with Crippen molar-refractivity contribution in [2.75, 3.05) is 33.4 Å². The molecule has 5 heteroatoms. The third-order valence-corrected chi connectivity index (χ3v) is 5.04. The Labute approximate surface area is 126 Å². The van der Waals surface area contributed by atoms with Crippen LogP contribution in [0.1, 0.15) is 37.1 Å². The number of piperidine rings is 1. The van der Waals surface area contributed by atoms with Crippen molar-refractivity contribution in [2.45, 2.75) is 44.8 Å². The Hall–Kier alpha value is -0.910. The van der Waals surface area contributed by atoms with Crippen molar-refractivity contribution in [1.29, 1.82) is 0 Å². The first-order chi connectivity index (χ1) is 10.2. The number of nitrogens with zero attached hydrogens (tertiary/aromatic N) is 2. The standard InChI is InChI=1S/C16H26N2O3/c1-13-11-15(17-21-13)12-18-7-5-16(6-8-18)14(3-9-19-2)4-10-20-16/h11,14H,3-10,12H2,1-2H3/t14-/m0/s1. The topological polar surface area (TPSA) is 47.7 Å². The zero-order chi connectivity index (χ0) is 14.7. The summed E-state index contributed by atoms with van der Waals surface area (Å²) >= 11 is 0. The summed E-state index contributed by atoms with van der Waals surface area (Å²) in [6.07, 6.45) is 4.56. The van der Waals surface area contributed by atoms with Gasteiger partial charge in [0.05, 0.1) is 11.3 Å². The summed E-state index contributed by atoms with van der Waals surface area (Å²) in [6.45, 7) is 6.74. The van der Waals surface area contributed by atoms with Gasteiger partial charge in [0.15, 0.2) is 0 Å². The molecule has 0 amide bonds. The molecule has 0 unspecified atom stereocenters. The highest BCUT2D eigenvalue weighted by atomic mass is 16.5. The third-order valence-electron chi connectivity index (χ3n) is 5.04. The number of rotatable bonds is 5. The maximum atomic E-state index is 6.18. The molecule has 2 aliphatic heterocycles. The number of hydrogen-bond donors (Lipinski definition) is 0. The van der Waals surface area contributed by atoms with Crippen molar-refractivity contribution >= 4 is 0 Å². The minimum Gasteiger partial charge on any atom is -0.385 e. The second-order valence-corrected chi connectivity index (χ2v) is 6.39. The molecule has 21 heavy (non-hydrogen) atoms. The zero-order valence-corrected chi connectivity index (χ0v) is 13.1. The molecular formula is C16H26N2O3. The molecule has 0 bridgehead atoms. The molecule has 0 radical (unpaired) electrons. The third kappa shape index (κ3) is 3.30. The quantitative estimate of drug-likeness (QED) is 0.834. The molecule has 1 spiro atoms. The predicted molar refractivity (Wildman–Crippen MR) is 79.0 cm³/mol. The van der Waals surface area contributed by atoms with E-state index in [1.807, 2.05) is 13.0 Å². The average Bonchev–Trinajstić information content (AvgIpc) is 3.06. The molecule has 118 valence electrons. The van der Waals surface area contributed by atoms with E-state index < -0.39 is 0 Å². The molecule has 1 atom stereocenters. The summed E-state index contributed by atoms with van der Waals surface area (Å²) in [6, 6.07) is 2.03. The van der Waals surface area contributed by atoms with Crippen molar-refractivity contribution in [1.82, 2.24) is 10.1 Å². The van der Waals surface area contributed by atoms with Gasteiger partial charge in [0.2, 0.25) is 0 Å². The summed E-state index contributed by atoms with van der Waals surface area (Å²) in [4.78, 5) is 2.46. The molecule has 0 saturated carbocycles. The van der Waals surface area contributed by atoms with E-state index in [1.54, 1.807) is 7.11 Å².